The zero-order chi connectivity index (χ0) is 39.3. The minimum absolute atomic E-state index is 0.220. The van der Waals surface area contributed by atoms with E-state index in [1.54, 1.807) is 14.2 Å². The first-order chi connectivity index (χ1) is 28.5. The van der Waals surface area contributed by atoms with Crippen molar-refractivity contribution >= 4 is 32.6 Å². The van der Waals surface area contributed by atoms with Gasteiger partial charge in [-0.05, 0) is 148 Å². The highest BCUT2D eigenvalue weighted by Crippen LogP contribution is 2.56. The van der Waals surface area contributed by atoms with Gasteiger partial charge >= 0.3 is 0 Å². The van der Waals surface area contributed by atoms with E-state index in [0.717, 1.165) is 91.7 Å². The van der Waals surface area contributed by atoms with Gasteiger partial charge in [-0.25, -0.2) is 0 Å². The van der Waals surface area contributed by atoms with E-state index >= 15 is 0 Å². The molecule has 12 rings (SSSR count). The Balaban J connectivity index is 1.06. The number of fused-ring (bicyclic) bond motifs is 9. The number of ether oxygens (including phenoxy) is 4. The van der Waals surface area contributed by atoms with Crippen molar-refractivity contribution in [3.63, 3.8) is 0 Å². The Morgan fingerprint density at radius 2 is 0.983 bits per heavy atom. The molecule has 6 aromatic rings. The van der Waals surface area contributed by atoms with Crippen molar-refractivity contribution in [1.29, 1.82) is 0 Å². The third-order valence-corrected chi connectivity index (χ3v) is 15.2. The molecular weight excluding hydrogens is 721 g/mol. The molecule has 0 spiro atoms. The summed E-state index contributed by atoms with van der Waals surface area (Å²) >= 11 is 0. The standard InChI is InChI=1S/C50H56N4O4/c1-5-29-23-33-13-11-31(29)25-41(33)47(37-19-21-51-45-17-15-35(55-3)27-43(37)45)57-49-39-9-7-8-10-40(39)50(54-53-49)58-48(42-26-32-12-14-34(42)24-30(32)6-2)38-20-22-52-46-18-16-36(56-4)28-44(38)46/h7-10,15-22,27-34,41-42,47-48H,5-6,11-14,23-26H2,1-4H3/t29?,30?,31-,32+,33?,34?,41-,42-,47?,48?/m0/s1. The maximum atomic E-state index is 7.35. The molecule has 0 amide bonds. The van der Waals surface area contributed by atoms with E-state index < -0.39 is 0 Å². The van der Waals surface area contributed by atoms with Crippen molar-refractivity contribution in [1.82, 2.24) is 20.2 Å². The predicted molar refractivity (Wildman–Crippen MR) is 228 cm³/mol. The molecule has 6 fully saturated rings. The minimum Gasteiger partial charge on any atom is -0.497 e. The van der Waals surface area contributed by atoms with E-state index in [1.807, 2.05) is 24.5 Å². The topological polar surface area (TPSA) is 88.5 Å². The number of aromatic nitrogens is 4. The summed E-state index contributed by atoms with van der Waals surface area (Å²) in [5.74, 6) is 7.62. The average Bonchev–Trinajstić information content (AvgIpc) is 3.29. The van der Waals surface area contributed by atoms with Gasteiger partial charge in [0.1, 0.15) is 23.7 Å². The lowest BCUT2D eigenvalue weighted by atomic mass is 9.57. The second kappa shape index (κ2) is 15.6. The minimum atomic E-state index is -0.220. The first-order valence-electron chi connectivity index (χ1n) is 22.0. The highest BCUT2D eigenvalue weighted by Gasteiger charge is 2.47. The molecule has 6 aliphatic carbocycles. The number of methoxy groups -OCH3 is 2. The van der Waals surface area contributed by atoms with E-state index in [-0.39, 0.29) is 12.2 Å². The van der Waals surface area contributed by atoms with Crippen LogP contribution in [0.15, 0.2) is 85.2 Å². The van der Waals surface area contributed by atoms with Gasteiger partial charge in [0.05, 0.1) is 36.0 Å². The summed E-state index contributed by atoms with van der Waals surface area (Å²) < 4.78 is 26.1. The second-order valence-corrected chi connectivity index (χ2v) is 17.8. The molecule has 0 aliphatic heterocycles. The lowest BCUT2D eigenvalue weighted by Gasteiger charge is -2.49. The average molecular weight is 777 g/mol. The number of rotatable bonds is 12. The molecule has 0 saturated heterocycles. The molecule has 3 aromatic heterocycles. The summed E-state index contributed by atoms with van der Waals surface area (Å²) in [5, 5.41) is 13.9. The maximum Gasteiger partial charge on any atom is 0.242 e. The van der Waals surface area contributed by atoms with Gasteiger partial charge in [-0.2, -0.15) is 0 Å². The van der Waals surface area contributed by atoms with Gasteiger partial charge in [-0.3, -0.25) is 9.97 Å². The van der Waals surface area contributed by atoms with E-state index in [2.05, 4.69) is 74.5 Å². The summed E-state index contributed by atoms with van der Waals surface area (Å²) in [7, 11) is 3.45. The zero-order valence-electron chi connectivity index (χ0n) is 34.3. The van der Waals surface area contributed by atoms with E-state index in [0.29, 0.717) is 35.4 Å². The predicted octanol–water partition coefficient (Wildman–Crippen LogP) is 11.9. The monoisotopic (exact) mass is 776 g/mol. The van der Waals surface area contributed by atoms with Crippen molar-refractivity contribution in [3.8, 4) is 23.3 Å². The molecule has 6 saturated carbocycles. The van der Waals surface area contributed by atoms with Crippen LogP contribution < -0.4 is 18.9 Å². The van der Waals surface area contributed by atoms with Crippen molar-refractivity contribution in [3.05, 3.63) is 96.3 Å². The van der Waals surface area contributed by atoms with Gasteiger partial charge in [0.2, 0.25) is 11.8 Å². The zero-order valence-corrected chi connectivity index (χ0v) is 34.3. The molecule has 6 unspecified atom stereocenters. The van der Waals surface area contributed by atoms with Crippen molar-refractivity contribution in [2.45, 2.75) is 90.3 Å². The third-order valence-electron chi connectivity index (χ3n) is 15.2. The molecule has 10 atom stereocenters. The Morgan fingerprint density at radius 3 is 1.38 bits per heavy atom. The fraction of sp³-hybridized carbons (Fsp3) is 0.480. The highest BCUT2D eigenvalue weighted by atomic mass is 16.5. The summed E-state index contributed by atoms with van der Waals surface area (Å²) in [6, 6.07) is 25.0. The largest absolute Gasteiger partial charge is 0.497 e. The van der Waals surface area contributed by atoms with Crippen LogP contribution in [0.1, 0.15) is 101 Å². The third kappa shape index (κ3) is 6.61. The number of benzene rings is 3. The summed E-state index contributed by atoms with van der Waals surface area (Å²) in [6.07, 6.45) is 15.9. The van der Waals surface area contributed by atoms with Crippen LogP contribution in [0.4, 0.5) is 0 Å². The molecular formula is C50H56N4O4. The fourth-order valence-corrected chi connectivity index (χ4v) is 12.2. The summed E-state index contributed by atoms with van der Waals surface area (Å²) in [4.78, 5) is 9.53. The number of hydrogen-bond donors (Lipinski definition) is 0. The van der Waals surface area contributed by atoms with E-state index in [4.69, 9.17) is 39.1 Å². The van der Waals surface area contributed by atoms with Gasteiger partial charge in [0, 0.05) is 46.1 Å². The molecule has 0 radical (unpaired) electrons. The maximum absolute atomic E-state index is 7.35. The van der Waals surface area contributed by atoms with Crippen LogP contribution in [0, 0.1) is 47.3 Å². The number of nitrogens with zero attached hydrogens (tertiary/aromatic N) is 4. The molecule has 0 N–H and O–H groups in total. The Bertz CT molecular complexity index is 2270. The molecule has 3 aromatic carbocycles. The van der Waals surface area contributed by atoms with Crippen LogP contribution >= 0.6 is 0 Å². The van der Waals surface area contributed by atoms with Gasteiger partial charge in [-0.15, -0.1) is 10.2 Å². The Hall–Kier alpha value is -4.98. The smallest absolute Gasteiger partial charge is 0.242 e. The van der Waals surface area contributed by atoms with Crippen molar-refractivity contribution in [2.75, 3.05) is 14.2 Å². The van der Waals surface area contributed by atoms with Gasteiger partial charge in [-0.1, -0.05) is 38.8 Å². The molecule has 8 nitrogen and oxygen atoms in total. The molecule has 8 heteroatoms. The van der Waals surface area contributed by atoms with Crippen LogP contribution in [-0.2, 0) is 0 Å². The highest BCUT2D eigenvalue weighted by molar-refractivity contribution is 5.91. The van der Waals surface area contributed by atoms with Gasteiger partial charge < -0.3 is 18.9 Å². The van der Waals surface area contributed by atoms with Crippen LogP contribution in [0.2, 0.25) is 0 Å². The van der Waals surface area contributed by atoms with E-state index in [1.165, 1.54) is 51.4 Å². The molecule has 3 heterocycles. The quantitative estimate of drug-likeness (QED) is 0.121. The Kier molecular flexibility index (Phi) is 10.1. The van der Waals surface area contributed by atoms with E-state index in [9.17, 15) is 0 Å². The lowest BCUT2D eigenvalue weighted by molar-refractivity contribution is -0.0265. The molecule has 4 bridgehead atoms. The number of pyridine rings is 2. The SMILES string of the molecule is CCC1CC2CC[C@@H]1C[C@@H]2C(Oc1nnc(OC(c2ccnc3ccc(OC)cc23)[C@H]2C[C@@H]3CCC2CC3CC)c2ccccc12)c1ccnc2ccc(OC)cc12. The van der Waals surface area contributed by atoms with Crippen LogP contribution in [0.3, 0.4) is 0 Å². The van der Waals surface area contributed by atoms with Gasteiger partial charge in [0.25, 0.3) is 0 Å². The summed E-state index contributed by atoms with van der Waals surface area (Å²) in [6.45, 7) is 4.73. The molecule has 6 aliphatic rings. The van der Waals surface area contributed by atoms with Crippen LogP contribution in [0.5, 0.6) is 23.3 Å². The molecule has 300 valence electrons. The fourth-order valence-electron chi connectivity index (χ4n) is 12.2. The first-order valence-corrected chi connectivity index (χ1v) is 22.0. The first kappa shape index (κ1) is 37.3. The Morgan fingerprint density at radius 1 is 0.534 bits per heavy atom. The molecule has 58 heavy (non-hydrogen) atoms. The normalized spacial score (nSPS) is 27.4. The lowest BCUT2D eigenvalue weighted by Crippen LogP contribution is -2.41. The van der Waals surface area contributed by atoms with Gasteiger partial charge in [0.15, 0.2) is 0 Å². The Labute approximate surface area is 342 Å². The summed E-state index contributed by atoms with van der Waals surface area (Å²) in [5.41, 5.74) is 4.15. The van der Waals surface area contributed by atoms with Crippen LogP contribution in [0.25, 0.3) is 32.6 Å². The number of hydrogen-bond acceptors (Lipinski definition) is 8. The second-order valence-electron chi connectivity index (χ2n) is 17.8. The van der Waals surface area contributed by atoms with Crippen molar-refractivity contribution in [2.24, 2.45) is 47.3 Å². The van der Waals surface area contributed by atoms with Crippen molar-refractivity contribution < 1.29 is 18.9 Å². The van der Waals surface area contributed by atoms with Crippen LogP contribution in [-0.4, -0.2) is 34.4 Å².